The van der Waals surface area contributed by atoms with Crippen molar-refractivity contribution in [1.82, 2.24) is 9.78 Å². The lowest BCUT2D eigenvalue weighted by Gasteiger charge is -2.14. The first kappa shape index (κ1) is 14.4. The number of hydrogen-bond acceptors (Lipinski definition) is 4. The van der Waals surface area contributed by atoms with E-state index in [1.807, 2.05) is 20.1 Å². The lowest BCUT2D eigenvalue weighted by molar-refractivity contribution is 0.503. The zero-order chi connectivity index (χ0) is 13.0. The quantitative estimate of drug-likeness (QED) is 0.897. The highest BCUT2D eigenvalue weighted by atomic mass is 35.5. The Hall–Kier alpha value is -0.680. The number of thioether (sulfide) groups is 1. The standard InChI is InChI=1S/C11H18ClN3OS/c1-7(2)15-11(16)10(12)9(6-14-15)13-5-8(3)17-4/h6-8,13H,5H2,1-4H3. The highest BCUT2D eigenvalue weighted by Gasteiger charge is 2.11. The molecule has 0 amide bonds. The van der Waals surface area contributed by atoms with Gasteiger partial charge in [-0.25, -0.2) is 4.68 Å². The van der Waals surface area contributed by atoms with Gasteiger partial charge in [-0.1, -0.05) is 18.5 Å². The van der Waals surface area contributed by atoms with Crippen molar-refractivity contribution in [3.63, 3.8) is 0 Å². The molecule has 0 saturated heterocycles. The molecule has 1 rings (SSSR count). The molecule has 0 fully saturated rings. The van der Waals surface area contributed by atoms with E-state index in [2.05, 4.69) is 17.3 Å². The summed E-state index contributed by atoms with van der Waals surface area (Å²) in [6.07, 6.45) is 3.65. The first-order valence-corrected chi connectivity index (χ1v) is 7.18. The third kappa shape index (κ3) is 3.64. The van der Waals surface area contributed by atoms with Crippen LogP contribution in [0.1, 0.15) is 26.8 Å². The summed E-state index contributed by atoms with van der Waals surface area (Å²) in [7, 11) is 0. The summed E-state index contributed by atoms with van der Waals surface area (Å²) < 4.78 is 1.38. The van der Waals surface area contributed by atoms with Crippen molar-refractivity contribution in [2.75, 3.05) is 18.1 Å². The molecule has 1 atom stereocenters. The molecule has 1 heterocycles. The summed E-state index contributed by atoms with van der Waals surface area (Å²) in [5.74, 6) is 0. The molecule has 96 valence electrons. The van der Waals surface area contributed by atoms with Gasteiger partial charge in [0.1, 0.15) is 5.02 Å². The van der Waals surface area contributed by atoms with E-state index in [0.717, 1.165) is 6.54 Å². The molecule has 1 N–H and O–H groups in total. The van der Waals surface area contributed by atoms with Crippen molar-refractivity contribution in [1.29, 1.82) is 0 Å². The fraction of sp³-hybridized carbons (Fsp3) is 0.636. The number of halogens is 1. The third-order valence-corrected chi connectivity index (χ3v) is 3.75. The summed E-state index contributed by atoms with van der Waals surface area (Å²) in [5, 5.41) is 7.90. The second kappa shape index (κ2) is 6.31. The second-order valence-electron chi connectivity index (χ2n) is 4.14. The average Bonchev–Trinajstić information content (AvgIpc) is 2.30. The molecular formula is C11H18ClN3OS. The largest absolute Gasteiger partial charge is 0.381 e. The molecule has 1 aromatic heterocycles. The van der Waals surface area contributed by atoms with Crippen molar-refractivity contribution in [2.24, 2.45) is 0 Å². The summed E-state index contributed by atoms with van der Waals surface area (Å²) in [4.78, 5) is 11.9. The number of hydrogen-bond donors (Lipinski definition) is 1. The van der Waals surface area contributed by atoms with Crippen molar-refractivity contribution < 1.29 is 0 Å². The smallest absolute Gasteiger partial charge is 0.287 e. The first-order valence-electron chi connectivity index (χ1n) is 5.51. The molecule has 0 aliphatic carbocycles. The highest BCUT2D eigenvalue weighted by Crippen LogP contribution is 2.17. The molecule has 0 aliphatic heterocycles. The van der Waals surface area contributed by atoms with E-state index >= 15 is 0 Å². The maximum absolute atomic E-state index is 11.9. The van der Waals surface area contributed by atoms with Crippen LogP contribution in [0.2, 0.25) is 5.02 Å². The molecular weight excluding hydrogens is 258 g/mol. The average molecular weight is 276 g/mol. The van der Waals surface area contributed by atoms with E-state index in [4.69, 9.17) is 11.6 Å². The van der Waals surface area contributed by atoms with Gasteiger partial charge in [0.05, 0.1) is 17.9 Å². The molecule has 0 spiro atoms. The van der Waals surface area contributed by atoms with Crippen LogP contribution in [0, 0.1) is 0 Å². The monoisotopic (exact) mass is 275 g/mol. The molecule has 0 bridgehead atoms. The summed E-state index contributed by atoms with van der Waals surface area (Å²) >= 11 is 7.78. The summed E-state index contributed by atoms with van der Waals surface area (Å²) in [5.41, 5.74) is 0.359. The number of aromatic nitrogens is 2. The molecule has 0 aliphatic rings. The van der Waals surface area contributed by atoms with Gasteiger partial charge >= 0.3 is 0 Å². The van der Waals surface area contributed by atoms with Crippen LogP contribution in [0.3, 0.4) is 0 Å². The maximum Gasteiger partial charge on any atom is 0.287 e. The van der Waals surface area contributed by atoms with Crippen LogP contribution in [0.4, 0.5) is 5.69 Å². The topological polar surface area (TPSA) is 46.9 Å². The van der Waals surface area contributed by atoms with Crippen LogP contribution in [0.5, 0.6) is 0 Å². The van der Waals surface area contributed by atoms with E-state index in [9.17, 15) is 4.79 Å². The fourth-order valence-corrected chi connectivity index (χ4v) is 1.73. The van der Waals surface area contributed by atoms with Gasteiger partial charge < -0.3 is 5.32 Å². The normalized spacial score (nSPS) is 12.8. The summed E-state index contributed by atoms with van der Waals surface area (Å²) in [6.45, 7) is 6.66. The van der Waals surface area contributed by atoms with Gasteiger partial charge in [0.15, 0.2) is 0 Å². The first-order chi connectivity index (χ1) is 7.97. The van der Waals surface area contributed by atoms with Gasteiger partial charge in [-0.05, 0) is 20.1 Å². The zero-order valence-electron chi connectivity index (χ0n) is 10.5. The summed E-state index contributed by atoms with van der Waals surface area (Å²) in [6, 6.07) is 0.0131. The Bertz CT molecular complexity index is 433. The van der Waals surface area contributed by atoms with E-state index in [1.54, 1.807) is 18.0 Å². The Kier molecular flexibility index (Phi) is 5.33. The molecule has 1 unspecified atom stereocenters. The highest BCUT2D eigenvalue weighted by molar-refractivity contribution is 7.99. The number of anilines is 1. The van der Waals surface area contributed by atoms with Crippen LogP contribution in [-0.2, 0) is 0 Å². The Morgan fingerprint density at radius 1 is 1.53 bits per heavy atom. The Morgan fingerprint density at radius 2 is 2.18 bits per heavy atom. The SMILES string of the molecule is CSC(C)CNc1cnn(C(C)C)c(=O)c1Cl. The van der Waals surface area contributed by atoms with Crippen LogP contribution >= 0.6 is 23.4 Å². The van der Waals surface area contributed by atoms with Crippen molar-refractivity contribution in [3.8, 4) is 0 Å². The molecule has 0 radical (unpaired) electrons. The Labute approximate surface area is 111 Å². The molecule has 1 aromatic rings. The molecule has 4 nitrogen and oxygen atoms in total. The van der Waals surface area contributed by atoms with Gasteiger partial charge in [0.2, 0.25) is 0 Å². The van der Waals surface area contributed by atoms with Crippen LogP contribution in [0.25, 0.3) is 0 Å². The van der Waals surface area contributed by atoms with Gasteiger partial charge in [0.25, 0.3) is 5.56 Å². The molecule has 17 heavy (non-hydrogen) atoms. The second-order valence-corrected chi connectivity index (χ2v) is 5.80. The van der Waals surface area contributed by atoms with Gasteiger partial charge in [-0.3, -0.25) is 4.79 Å². The Morgan fingerprint density at radius 3 is 2.71 bits per heavy atom. The van der Waals surface area contributed by atoms with Crippen molar-refractivity contribution >= 4 is 29.1 Å². The minimum absolute atomic E-state index is 0.0131. The van der Waals surface area contributed by atoms with Gasteiger partial charge in [0, 0.05) is 11.8 Å². The van der Waals surface area contributed by atoms with Gasteiger partial charge in [-0.2, -0.15) is 16.9 Å². The van der Waals surface area contributed by atoms with E-state index in [1.165, 1.54) is 4.68 Å². The van der Waals surface area contributed by atoms with E-state index in [-0.39, 0.29) is 16.6 Å². The maximum atomic E-state index is 11.9. The minimum atomic E-state index is -0.247. The zero-order valence-corrected chi connectivity index (χ0v) is 12.1. The fourth-order valence-electron chi connectivity index (χ4n) is 1.27. The van der Waals surface area contributed by atoms with Crippen LogP contribution in [-0.4, -0.2) is 27.8 Å². The predicted octanol–water partition coefficient (Wildman–Crippen LogP) is 2.64. The van der Waals surface area contributed by atoms with E-state index < -0.39 is 0 Å². The molecule has 0 aromatic carbocycles. The minimum Gasteiger partial charge on any atom is -0.381 e. The predicted molar refractivity (Wildman–Crippen MR) is 75.4 cm³/mol. The lowest BCUT2D eigenvalue weighted by Crippen LogP contribution is -2.26. The van der Waals surface area contributed by atoms with Crippen LogP contribution < -0.4 is 10.9 Å². The van der Waals surface area contributed by atoms with Crippen LogP contribution in [0.15, 0.2) is 11.0 Å². The van der Waals surface area contributed by atoms with Crippen molar-refractivity contribution in [3.05, 3.63) is 21.6 Å². The van der Waals surface area contributed by atoms with Gasteiger partial charge in [-0.15, -0.1) is 0 Å². The van der Waals surface area contributed by atoms with E-state index in [0.29, 0.717) is 10.9 Å². The Balaban J connectivity index is 2.90. The lowest BCUT2D eigenvalue weighted by atomic mass is 10.3. The molecule has 0 saturated carbocycles. The van der Waals surface area contributed by atoms with Crippen molar-refractivity contribution in [2.45, 2.75) is 32.1 Å². The number of rotatable bonds is 5. The number of nitrogens with zero attached hydrogens (tertiary/aromatic N) is 2. The third-order valence-electron chi connectivity index (χ3n) is 2.42. The molecule has 6 heteroatoms. The number of nitrogens with one attached hydrogen (secondary N) is 1.